The summed E-state index contributed by atoms with van der Waals surface area (Å²) in [5, 5.41) is 14.4. The first kappa shape index (κ1) is 15.6. The zero-order chi connectivity index (χ0) is 13.5. The second-order valence-corrected chi connectivity index (χ2v) is 6.72. The number of thioether (sulfide) groups is 1. The van der Waals surface area contributed by atoms with Crippen molar-refractivity contribution in [3.63, 3.8) is 0 Å². The highest BCUT2D eigenvalue weighted by Crippen LogP contribution is 2.27. The Labute approximate surface area is 121 Å². The van der Waals surface area contributed by atoms with Crippen LogP contribution >= 0.6 is 11.8 Å². The predicted molar refractivity (Wildman–Crippen MR) is 80.8 cm³/mol. The lowest BCUT2D eigenvalue weighted by molar-refractivity contribution is 0.0143. The number of ether oxygens (including phenoxy) is 1. The molecule has 1 saturated heterocycles. The van der Waals surface area contributed by atoms with Gasteiger partial charge in [-0.3, -0.25) is 4.90 Å². The molecule has 0 spiro atoms. The van der Waals surface area contributed by atoms with Crippen molar-refractivity contribution in [2.24, 2.45) is 0 Å². The fraction of sp³-hybridized carbons (Fsp3) is 1.00. The van der Waals surface area contributed by atoms with Gasteiger partial charge in [0.05, 0.1) is 19.3 Å². The number of β-amino-alcohol motifs (C(OH)–C–C–N with tert-alkyl or cyclic N) is 1. The normalized spacial score (nSPS) is 31.3. The Morgan fingerprint density at radius 3 is 2.79 bits per heavy atom. The van der Waals surface area contributed by atoms with Gasteiger partial charge in [-0.1, -0.05) is 12.8 Å². The van der Waals surface area contributed by atoms with Crippen molar-refractivity contribution in [2.45, 2.75) is 43.1 Å². The number of hydrogen-bond acceptors (Lipinski definition) is 5. The summed E-state index contributed by atoms with van der Waals surface area (Å²) in [7, 11) is 0. The van der Waals surface area contributed by atoms with Gasteiger partial charge in [0.25, 0.3) is 0 Å². The highest BCUT2D eigenvalue weighted by molar-refractivity contribution is 7.99. The van der Waals surface area contributed by atoms with Gasteiger partial charge in [-0.05, 0) is 19.1 Å². The lowest BCUT2D eigenvalue weighted by atomic mass is 9.95. The molecule has 1 saturated carbocycles. The molecule has 1 heterocycles. The van der Waals surface area contributed by atoms with E-state index in [2.05, 4.69) is 16.5 Å². The van der Waals surface area contributed by atoms with Crippen molar-refractivity contribution in [3.05, 3.63) is 0 Å². The lowest BCUT2D eigenvalue weighted by Crippen LogP contribution is -2.48. The number of hydrogen-bond donors (Lipinski definition) is 2. The third kappa shape index (κ3) is 5.23. The van der Waals surface area contributed by atoms with Crippen LogP contribution in [-0.2, 0) is 4.74 Å². The summed E-state index contributed by atoms with van der Waals surface area (Å²) < 4.78 is 5.32. The molecule has 1 aliphatic heterocycles. The minimum Gasteiger partial charge on any atom is -0.390 e. The Kier molecular flexibility index (Phi) is 6.94. The van der Waals surface area contributed by atoms with E-state index in [1.165, 1.54) is 25.7 Å². The van der Waals surface area contributed by atoms with Gasteiger partial charge in [0.1, 0.15) is 0 Å². The summed E-state index contributed by atoms with van der Waals surface area (Å²) in [5.41, 5.74) is 0. The van der Waals surface area contributed by atoms with E-state index in [1.807, 2.05) is 11.8 Å². The summed E-state index contributed by atoms with van der Waals surface area (Å²) in [4.78, 5) is 2.29. The van der Waals surface area contributed by atoms with Crippen LogP contribution in [-0.4, -0.2) is 73.1 Å². The SMILES string of the molecule is CSC1CCCCC1NCC(O)CN1CCOCC1. The van der Waals surface area contributed by atoms with Crippen LogP contribution in [0.2, 0.25) is 0 Å². The van der Waals surface area contributed by atoms with E-state index in [9.17, 15) is 5.11 Å². The second-order valence-electron chi connectivity index (χ2n) is 5.64. The van der Waals surface area contributed by atoms with E-state index >= 15 is 0 Å². The van der Waals surface area contributed by atoms with Gasteiger partial charge < -0.3 is 15.2 Å². The van der Waals surface area contributed by atoms with Crippen molar-refractivity contribution in [1.29, 1.82) is 0 Å². The molecule has 2 aliphatic rings. The van der Waals surface area contributed by atoms with Gasteiger partial charge in [-0.25, -0.2) is 0 Å². The van der Waals surface area contributed by atoms with Crippen molar-refractivity contribution in [1.82, 2.24) is 10.2 Å². The van der Waals surface area contributed by atoms with Crippen LogP contribution in [0.15, 0.2) is 0 Å². The zero-order valence-corrected chi connectivity index (χ0v) is 12.8. The molecule has 1 aliphatic carbocycles. The highest BCUT2D eigenvalue weighted by atomic mass is 32.2. The second kappa shape index (κ2) is 8.47. The largest absolute Gasteiger partial charge is 0.390 e. The number of morpholine rings is 1. The molecule has 0 radical (unpaired) electrons. The van der Waals surface area contributed by atoms with Gasteiger partial charge in [0.15, 0.2) is 0 Å². The molecule has 4 nitrogen and oxygen atoms in total. The quantitative estimate of drug-likeness (QED) is 0.762. The first-order valence-electron chi connectivity index (χ1n) is 7.54. The molecule has 5 heteroatoms. The zero-order valence-electron chi connectivity index (χ0n) is 12.0. The summed E-state index contributed by atoms with van der Waals surface area (Å²) >= 11 is 1.97. The molecule has 112 valence electrons. The Morgan fingerprint density at radius 1 is 1.32 bits per heavy atom. The fourth-order valence-electron chi connectivity index (χ4n) is 3.05. The van der Waals surface area contributed by atoms with Crippen LogP contribution < -0.4 is 5.32 Å². The number of nitrogens with one attached hydrogen (secondary N) is 1. The first-order valence-corrected chi connectivity index (χ1v) is 8.82. The van der Waals surface area contributed by atoms with Gasteiger partial charge >= 0.3 is 0 Å². The van der Waals surface area contributed by atoms with Crippen LogP contribution in [0.5, 0.6) is 0 Å². The van der Waals surface area contributed by atoms with Crippen LogP contribution in [0.25, 0.3) is 0 Å². The Balaban J connectivity index is 1.65. The van der Waals surface area contributed by atoms with Crippen molar-refractivity contribution in [2.75, 3.05) is 45.6 Å². The third-order valence-electron chi connectivity index (χ3n) is 4.19. The van der Waals surface area contributed by atoms with Crippen molar-refractivity contribution < 1.29 is 9.84 Å². The van der Waals surface area contributed by atoms with Gasteiger partial charge in [-0.2, -0.15) is 11.8 Å². The summed E-state index contributed by atoms with van der Waals surface area (Å²) in [5.74, 6) is 0. The van der Waals surface area contributed by atoms with E-state index in [0.717, 1.165) is 44.6 Å². The Morgan fingerprint density at radius 2 is 2.05 bits per heavy atom. The molecule has 0 amide bonds. The monoisotopic (exact) mass is 288 g/mol. The maximum atomic E-state index is 10.1. The standard InChI is InChI=1S/C14H28N2O2S/c1-19-14-5-3-2-4-13(14)15-10-12(17)11-16-6-8-18-9-7-16/h12-15,17H,2-11H2,1H3. The molecule has 3 atom stereocenters. The average Bonchev–Trinajstić information content (AvgIpc) is 2.46. The number of rotatable bonds is 6. The third-order valence-corrected chi connectivity index (χ3v) is 5.36. The van der Waals surface area contributed by atoms with Crippen LogP contribution in [0, 0.1) is 0 Å². The van der Waals surface area contributed by atoms with E-state index in [1.54, 1.807) is 0 Å². The minimum atomic E-state index is -0.262. The topological polar surface area (TPSA) is 44.7 Å². The van der Waals surface area contributed by atoms with Crippen LogP contribution in [0.4, 0.5) is 0 Å². The molecule has 2 fully saturated rings. The summed E-state index contributed by atoms with van der Waals surface area (Å²) in [6.45, 7) is 5.00. The van der Waals surface area contributed by atoms with Gasteiger partial charge in [0.2, 0.25) is 0 Å². The van der Waals surface area contributed by atoms with Crippen LogP contribution in [0.3, 0.4) is 0 Å². The lowest BCUT2D eigenvalue weighted by Gasteiger charge is -2.33. The highest BCUT2D eigenvalue weighted by Gasteiger charge is 2.24. The van der Waals surface area contributed by atoms with Crippen molar-refractivity contribution in [3.8, 4) is 0 Å². The van der Waals surface area contributed by atoms with Crippen LogP contribution in [0.1, 0.15) is 25.7 Å². The fourth-order valence-corrected chi connectivity index (χ4v) is 4.01. The average molecular weight is 288 g/mol. The predicted octanol–water partition coefficient (Wildman–Crippen LogP) is 0.943. The minimum absolute atomic E-state index is 0.262. The molecule has 0 aromatic carbocycles. The molecule has 0 aromatic heterocycles. The molecule has 3 unspecified atom stereocenters. The van der Waals surface area contributed by atoms with E-state index < -0.39 is 0 Å². The summed E-state index contributed by atoms with van der Waals surface area (Å²) in [6.07, 6.45) is 7.21. The molecule has 2 rings (SSSR count). The smallest absolute Gasteiger partial charge is 0.0791 e. The van der Waals surface area contributed by atoms with Gasteiger partial charge in [-0.15, -0.1) is 0 Å². The molecule has 2 N–H and O–H groups in total. The first-order chi connectivity index (χ1) is 9.29. The number of aliphatic hydroxyl groups excluding tert-OH is 1. The van der Waals surface area contributed by atoms with E-state index in [4.69, 9.17) is 4.74 Å². The van der Waals surface area contributed by atoms with Gasteiger partial charge in [0, 0.05) is 37.5 Å². The van der Waals surface area contributed by atoms with E-state index in [0.29, 0.717) is 6.04 Å². The molecule has 0 bridgehead atoms. The molecular formula is C14H28N2O2S. The molecular weight excluding hydrogens is 260 g/mol. The number of aliphatic hydroxyl groups is 1. The van der Waals surface area contributed by atoms with E-state index in [-0.39, 0.29) is 6.10 Å². The summed E-state index contributed by atoms with van der Waals surface area (Å²) in [6, 6.07) is 0.586. The van der Waals surface area contributed by atoms with Crippen molar-refractivity contribution >= 4 is 11.8 Å². The Hall–Kier alpha value is 0.190. The molecule has 0 aromatic rings. The molecule has 19 heavy (non-hydrogen) atoms. The maximum absolute atomic E-state index is 10.1. The number of nitrogens with zero attached hydrogens (tertiary/aromatic N) is 1. The maximum Gasteiger partial charge on any atom is 0.0791 e. The Bertz CT molecular complexity index is 250.